The minimum absolute atomic E-state index is 0.388. The number of benzene rings is 1. The Hall–Kier alpha value is -2.35. The van der Waals surface area contributed by atoms with Crippen molar-refractivity contribution in [2.24, 2.45) is 0 Å². The van der Waals surface area contributed by atoms with Crippen molar-refractivity contribution in [3.8, 4) is 17.2 Å². The highest BCUT2D eigenvalue weighted by molar-refractivity contribution is 5.62. The van der Waals surface area contributed by atoms with Crippen molar-refractivity contribution in [1.82, 2.24) is 9.78 Å². The van der Waals surface area contributed by atoms with Gasteiger partial charge in [0.05, 0.1) is 17.2 Å². The SMILES string of the molecule is CC(F)n1[nH]cc(-c2ccc(C#N)cc2)c1=O. The Balaban J connectivity index is 2.47. The Morgan fingerprint density at radius 3 is 2.53 bits per heavy atom. The van der Waals surface area contributed by atoms with Gasteiger partial charge in [-0.3, -0.25) is 9.89 Å². The fourth-order valence-electron chi connectivity index (χ4n) is 1.58. The summed E-state index contributed by atoms with van der Waals surface area (Å²) in [7, 11) is 0. The van der Waals surface area contributed by atoms with Gasteiger partial charge >= 0.3 is 0 Å². The Morgan fingerprint density at radius 1 is 1.41 bits per heavy atom. The van der Waals surface area contributed by atoms with Gasteiger partial charge < -0.3 is 0 Å². The molecule has 1 aromatic carbocycles. The summed E-state index contributed by atoms with van der Waals surface area (Å²) in [5.41, 5.74) is 1.15. The number of nitrogens with one attached hydrogen (secondary N) is 1. The Morgan fingerprint density at radius 2 is 2.06 bits per heavy atom. The van der Waals surface area contributed by atoms with Gasteiger partial charge in [-0.15, -0.1) is 0 Å². The van der Waals surface area contributed by atoms with Gasteiger partial charge in [0.15, 0.2) is 6.30 Å². The molecule has 1 unspecified atom stereocenters. The van der Waals surface area contributed by atoms with Crippen LogP contribution in [-0.4, -0.2) is 9.78 Å². The van der Waals surface area contributed by atoms with Gasteiger partial charge in [-0.25, -0.2) is 9.07 Å². The summed E-state index contributed by atoms with van der Waals surface area (Å²) in [5.74, 6) is 0. The normalized spacial score (nSPS) is 12.1. The van der Waals surface area contributed by atoms with Crippen LogP contribution in [0, 0.1) is 11.3 Å². The second-order valence-corrected chi connectivity index (χ2v) is 3.63. The lowest BCUT2D eigenvalue weighted by atomic mass is 10.1. The van der Waals surface area contributed by atoms with E-state index in [9.17, 15) is 9.18 Å². The van der Waals surface area contributed by atoms with Crippen LogP contribution >= 0.6 is 0 Å². The van der Waals surface area contributed by atoms with Gasteiger partial charge in [0, 0.05) is 6.20 Å². The fourth-order valence-corrected chi connectivity index (χ4v) is 1.58. The predicted molar refractivity (Wildman–Crippen MR) is 61.0 cm³/mol. The highest BCUT2D eigenvalue weighted by atomic mass is 19.1. The van der Waals surface area contributed by atoms with E-state index >= 15 is 0 Å². The summed E-state index contributed by atoms with van der Waals surface area (Å²) in [4.78, 5) is 11.8. The summed E-state index contributed by atoms with van der Waals surface area (Å²) in [6.45, 7) is 1.28. The molecule has 1 heterocycles. The number of nitrogens with zero attached hydrogens (tertiary/aromatic N) is 2. The first-order chi connectivity index (χ1) is 8.13. The van der Waals surface area contributed by atoms with E-state index in [4.69, 9.17) is 5.26 Å². The third kappa shape index (κ3) is 1.97. The molecular weight excluding hydrogens is 221 g/mol. The first-order valence-corrected chi connectivity index (χ1v) is 5.08. The first-order valence-electron chi connectivity index (χ1n) is 5.08. The number of hydrogen-bond donors (Lipinski definition) is 1. The molecule has 2 rings (SSSR count). The molecule has 2 aromatic rings. The minimum Gasteiger partial charge on any atom is -0.300 e. The average Bonchev–Trinajstić information content (AvgIpc) is 2.71. The van der Waals surface area contributed by atoms with Crippen LogP contribution in [0.1, 0.15) is 18.8 Å². The Kier molecular flexibility index (Phi) is 2.79. The number of aromatic amines is 1. The zero-order valence-electron chi connectivity index (χ0n) is 9.14. The molecule has 5 heteroatoms. The predicted octanol–water partition coefficient (Wildman–Crippen LogP) is 2.20. The zero-order chi connectivity index (χ0) is 12.4. The zero-order valence-corrected chi connectivity index (χ0v) is 9.14. The van der Waals surface area contributed by atoms with Crippen LogP contribution in [0.2, 0.25) is 0 Å². The number of hydrogen-bond acceptors (Lipinski definition) is 2. The van der Waals surface area contributed by atoms with Crippen molar-refractivity contribution in [1.29, 1.82) is 5.26 Å². The standard InChI is InChI=1S/C12H10FN3O/c1-8(13)16-12(17)11(7-15-16)10-4-2-9(6-14)3-5-10/h2-5,7-8,15H,1H3. The van der Waals surface area contributed by atoms with Crippen molar-refractivity contribution >= 4 is 0 Å². The molecule has 1 atom stereocenters. The average molecular weight is 231 g/mol. The molecule has 0 fully saturated rings. The van der Waals surface area contributed by atoms with Crippen molar-refractivity contribution in [2.45, 2.75) is 13.2 Å². The Labute approximate surface area is 96.9 Å². The molecule has 86 valence electrons. The van der Waals surface area contributed by atoms with E-state index in [2.05, 4.69) is 5.10 Å². The van der Waals surface area contributed by atoms with Gasteiger partial charge in [-0.05, 0) is 24.6 Å². The van der Waals surface area contributed by atoms with Crippen LogP contribution < -0.4 is 5.56 Å². The van der Waals surface area contributed by atoms with Crippen LogP contribution in [-0.2, 0) is 0 Å². The molecule has 0 saturated carbocycles. The van der Waals surface area contributed by atoms with E-state index in [0.29, 0.717) is 16.7 Å². The van der Waals surface area contributed by atoms with Crippen LogP contribution in [0.15, 0.2) is 35.3 Å². The van der Waals surface area contributed by atoms with E-state index in [1.165, 1.54) is 13.1 Å². The maximum Gasteiger partial charge on any atom is 0.277 e. The molecule has 0 spiro atoms. The number of alkyl halides is 1. The summed E-state index contributed by atoms with van der Waals surface area (Å²) >= 11 is 0. The molecule has 0 aliphatic carbocycles. The number of rotatable bonds is 2. The van der Waals surface area contributed by atoms with Crippen molar-refractivity contribution in [3.63, 3.8) is 0 Å². The minimum atomic E-state index is -1.39. The number of halogens is 1. The third-order valence-electron chi connectivity index (χ3n) is 2.48. The van der Waals surface area contributed by atoms with Crippen LogP contribution in [0.3, 0.4) is 0 Å². The van der Waals surface area contributed by atoms with E-state index in [1.807, 2.05) is 6.07 Å². The quantitative estimate of drug-likeness (QED) is 0.861. The largest absolute Gasteiger partial charge is 0.300 e. The molecule has 1 aromatic heterocycles. The van der Waals surface area contributed by atoms with Gasteiger partial charge in [0.2, 0.25) is 0 Å². The maximum absolute atomic E-state index is 13.0. The maximum atomic E-state index is 13.0. The lowest BCUT2D eigenvalue weighted by Crippen LogP contribution is -2.18. The highest BCUT2D eigenvalue weighted by Crippen LogP contribution is 2.16. The summed E-state index contributed by atoms with van der Waals surface area (Å²) in [6.07, 6.45) is 0.0643. The monoisotopic (exact) mass is 231 g/mol. The number of nitriles is 1. The van der Waals surface area contributed by atoms with Gasteiger partial charge in [0.1, 0.15) is 0 Å². The van der Waals surface area contributed by atoms with Gasteiger partial charge in [-0.2, -0.15) is 5.26 Å². The number of H-pyrrole nitrogens is 1. The smallest absolute Gasteiger partial charge is 0.277 e. The number of aromatic nitrogens is 2. The van der Waals surface area contributed by atoms with E-state index < -0.39 is 11.9 Å². The second-order valence-electron chi connectivity index (χ2n) is 3.63. The van der Waals surface area contributed by atoms with Gasteiger partial charge in [-0.1, -0.05) is 12.1 Å². The first kappa shape index (κ1) is 11.1. The highest BCUT2D eigenvalue weighted by Gasteiger charge is 2.11. The van der Waals surface area contributed by atoms with Crippen LogP contribution in [0.25, 0.3) is 11.1 Å². The summed E-state index contributed by atoms with van der Waals surface area (Å²) in [6, 6.07) is 8.55. The van der Waals surface area contributed by atoms with Crippen molar-refractivity contribution in [2.75, 3.05) is 0 Å². The lowest BCUT2D eigenvalue weighted by Gasteiger charge is -2.00. The molecule has 17 heavy (non-hydrogen) atoms. The molecule has 0 amide bonds. The Bertz CT molecular complexity index is 616. The molecule has 0 bridgehead atoms. The lowest BCUT2D eigenvalue weighted by molar-refractivity contribution is 0.240. The van der Waals surface area contributed by atoms with Crippen molar-refractivity contribution < 1.29 is 4.39 Å². The summed E-state index contributed by atoms with van der Waals surface area (Å²) in [5, 5.41) is 11.2. The van der Waals surface area contributed by atoms with E-state index in [1.54, 1.807) is 24.3 Å². The second kappa shape index (κ2) is 4.26. The van der Waals surface area contributed by atoms with E-state index in [-0.39, 0.29) is 0 Å². The summed E-state index contributed by atoms with van der Waals surface area (Å²) < 4.78 is 13.9. The van der Waals surface area contributed by atoms with Crippen molar-refractivity contribution in [3.05, 3.63) is 46.4 Å². The molecule has 1 N–H and O–H groups in total. The molecule has 0 saturated heterocycles. The third-order valence-corrected chi connectivity index (χ3v) is 2.48. The molecule has 4 nitrogen and oxygen atoms in total. The topological polar surface area (TPSA) is 61.6 Å². The molecular formula is C12H10FN3O. The molecule has 0 aliphatic rings. The van der Waals surface area contributed by atoms with Crippen LogP contribution in [0.4, 0.5) is 4.39 Å². The van der Waals surface area contributed by atoms with E-state index in [0.717, 1.165) is 4.68 Å². The fraction of sp³-hybridized carbons (Fsp3) is 0.167. The van der Waals surface area contributed by atoms with Gasteiger partial charge in [0.25, 0.3) is 5.56 Å². The molecule has 0 aliphatic heterocycles. The molecule has 0 radical (unpaired) electrons. The van der Waals surface area contributed by atoms with Crippen LogP contribution in [0.5, 0.6) is 0 Å².